The first-order valence-corrected chi connectivity index (χ1v) is 16.8. The molecule has 51 heavy (non-hydrogen) atoms. The number of esters is 1. The van der Waals surface area contributed by atoms with Gasteiger partial charge >= 0.3 is 12.1 Å². The van der Waals surface area contributed by atoms with Gasteiger partial charge in [0.2, 0.25) is 0 Å². The van der Waals surface area contributed by atoms with Crippen LogP contribution in [0.2, 0.25) is 0 Å². The number of nitrogens with zero attached hydrogens (tertiary/aromatic N) is 3. The van der Waals surface area contributed by atoms with Gasteiger partial charge in [-0.2, -0.15) is 13.2 Å². The van der Waals surface area contributed by atoms with Gasteiger partial charge in [0.25, 0.3) is 0 Å². The van der Waals surface area contributed by atoms with Crippen molar-refractivity contribution in [3.63, 3.8) is 0 Å². The molecule has 0 aliphatic carbocycles. The van der Waals surface area contributed by atoms with Gasteiger partial charge in [-0.15, -0.1) is 0 Å². The zero-order valence-electron chi connectivity index (χ0n) is 27.5. The van der Waals surface area contributed by atoms with Crippen LogP contribution < -0.4 is 10.1 Å². The van der Waals surface area contributed by atoms with Crippen LogP contribution in [0.3, 0.4) is 0 Å². The number of rotatable bonds is 14. The van der Waals surface area contributed by atoms with E-state index in [4.69, 9.17) is 14.5 Å². The Kier molecular flexibility index (Phi) is 10.8. The Labute approximate surface area is 295 Å². The number of benzene rings is 4. The van der Waals surface area contributed by atoms with Crippen LogP contribution in [0.1, 0.15) is 17.0 Å². The number of hydrogen-bond donors (Lipinski definition) is 2. The maximum atomic E-state index is 12.5. The highest BCUT2D eigenvalue weighted by Gasteiger charge is 2.37. The molecule has 2 N–H and O–H groups in total. The fraction of sp³-hybridized carbons (Fsp3) is 0.211. The molecule has 2 heterocycles. The van der Waals surface area contributed by atoms with Gasteiger partial charge in [-0.3, -0.25) is 0 Å². The smallest absolute Gasteiger partial charge is 0.422 e. The molecule has 0 unspecified atom stereocenters. The lowest BCUT2D eigenvalue weighted by Crippen LogP contribution is -2.22. The van der Waals surface area contributed by atoms with Crippen LogP contribution in [0.15, 0.2) is 97.2 Å². The number of alkyl halides is 3. The molecule has 0 spiro atoms. The number of ether oxygens (including phenoxy) is 3. The standard InChI is InChI=1S/C38H33F3N4O5S/c1-23(38(39,40)41)36(47)50-20-19-49-29-12-7-25(8-13-29)4-3-24-5-9-26(10-6-24)30-14-16-32(46)34-35(30)51-37(45-34)43-28-11-15-31-27(21-28)22-42-33(44-31)17-18-48-2/h5-16,21-22,46H,1,3-4,17-20H2,2H3,(H,43,45). The fourth-order valence-corrected chi connectivity index (χ4v) is 6.29. The molecule has 0 amide bonds. The first-order chi connectivity index (χ1) is 24.6. The highest BCUT2D eigenvalue weighted by Crippen LogP contribution is 2.40. The SMILES string of the molecule is C=C(C(=O)OCCOc1ccc(CCc2ccc(-c3ccc(O)c4nc(Nc5ccc6nc(CCOC)ncc6c5)sc34)cc2)cc1)C(F)(F)F. The van der Waals surface area contributed by atoms with Crippen LogP contribution in [0.4, 0.5) is 24.0 Å². The van der Waals surface area contributed by atoms with Crippen molar-refractivity contribution in [3.05, 3.63) is 114 Å². The van der Waals surface area contributed by atoms with Crippen LogP contribution in [-0.2, 0) is 33.5 Å². The van der Waals surface area contributed by atoms with Gasteiger partial charge in [-0.1, -0.05) is 54.3 Å². The molecule has 6 rings (SSSR count). The molecule has 0 aliphatic heterocycles. The predicted molar refractivity (Wildman–Crippen MR) is 191 cm³/mol. The van der Waals surface area contributed by atoms with Crippen LogP contribution in [-0.4, -0.2) is 59.1 Å². The zero-order chi connectivity index (χ0) is 36.0. The summed E-state index contributed by atoms with van der Waals surface area (Å²) in [6, 6.07) is 25.0. The summed E-state index contributed by atoms with van der Waals surface area (Å²) in [6.07, 6.45) is -0.806. The van der Waals surface area contributed by atoms with E-state index in [-0.39, 0.29) is 19.0 Å². The normalized spacial score (nSPS) is 11.5. The second-order valence-electron chi connectivity index (χ2n) is 11.6. The molecule has 0 aliphatic rings. The zero-order valence-corrected chi connectivity index (χ0v) is 28.3. The summed E-state index contributed by atoms with van der Waals surface area (Å²) in [5, 5.41) is 15.5. The number of thiazole rings is 1. The van der Waals surface area contributed by atoms with Crippen molar-refractivity contribution in [3.8, 4) is 22.6 Å². The van der Waals surface area contributed by atoms with Crippen molar-refractivity contribution in [2.24, 2.45) is 0 Å². The summed E-state index contributed by atoms with van der Waals surface area (Å²) in [7, 11) is 1.65. The molecule has 9 nitrogen and oxygen atoms in total. The van der Waals surface area contributed by atoms with Gasteiger partial charge < -0.3 is 24.6 Å². The maximum absolute atomic E-state index is 12.5. The van der Waals surface area contributed by atoms with E-state index >= 15 is 0 Å². The van der Waals surface area contributed by atoms with E-state index in [0.717, 1.165) is 62.2 Å². The van der Waals surface area contributed by atoms with Gasteiger partial charge in [0.15, 0.2) is 5.13 Å². The molecular weight excluding hydrogens is 682 g/mol. The number of methoxy groups -OCH3 is 1. The molecule has 0 saturated heterocycles. The molecule has 0 fully saturated rings. The third kappa shape index (κ3) is 8.80. The Hall–Kier alpha value is -5.53. The summed E-state index contributed by atoms with van der Waals surface area (Å²) in [4.78, 5) is 25.1. The number of aromatic hydroxyl groups is 1. The van der Waals surface area contributed by atoms with Crippen LogP contribution >= 0.6 is 11.3 Å². The maximum Gasteiger partial charge on any atom is 0.422 e. The average molecular weight is 715 g/mol. The molecular formula is C38H33F3N4O5S. The number of fused-ring (bicyclic) bond motifs is 2. The number of carbonyl (C=O) groups excluding carboxylic acids is 1. The number of halogens is 3. The third-order valence-electron chi connectivity index (χ3n) is 8.00. The van der Waals surface area contributed by atoms with Crippen molar-refractivity contribution >= 4 is 49.2 Å². The molecule has 0 saturated carbocycles. The Morgan fingerprint density at radius 3 is 2.33 bits per heavy atom. The summed E-state index contributed by atoms with van der Waals surface area (Å²) >= 11 is 1.46. The number of aromatic nitrogens is 3. The number of phenols is 1. The number of anilines is 2. The lowest BCUT2D eigenvalue weighted by molar-refractivity contribution is -0.151. The minimum absolute atomic E-state index is 0.0908. The lowest BCUT2D eigenvalue weighted by Gasteiger charge is -2.11. The van der Waals surface area contributed by atoms with E-state index < -0.39 is 17.7 Å². The topological polar surface area (TPSA) is 116 Å². The Balaban J connectivity index is 1.05. The van der Waals surface area contributed by atoms with E-state index in [2.05, 4.69) is 50.9 Å². The number of phenolic OH excluding ortho intramolecular Hbond substituents is 1. The summed E-state index contributed by atoms with van der Waals surface area (Å²) < 4.78 is 53.5. The number of aryl methyl sites for hydroxylation is 2. The Bertz CT molecular complexity index is 2170. The van der Waals surface area contributed by atoms with Gasteiger partial charge in [0, 0.05) is 36.4 Å². The minimum Gasteiger partial charge on any atom is -0.506 e. The third-order valence-corrected chi connectivity index (χ3v) is 9.00. The second kappa shape index (κ2) is 15.6. The van der Waals surface area contributed by atoms with E-state index in [1.807, 2.05) is 36.4 Å². The van der Waals surface area contributed by atoms with E-state index in [9.17, 15) is 23.1 Å². The van der Waals surface area contributed by atoms with Crippen molar-refractivity contribution in [1.29, 1.82) is 0 Å². The average Bonchev–Trinajstić information content (AvgIpc) is 3.56. The van der Waals surface area contributed by atoms with Crippen LogP contribution in [0.25, 0.3) is 32.2 Å². The number of carbonyl (C=O) groups is 1. The molecule has 2 aromatic heterocycles. The van der Waals surface area contributed by atoms with Crippen molar-refractivity contribution in [1.82, 2.24) is 15.0 Å². The summed E-state index contributed by atoms with van der Waals surface area (Å²) in [6.45, 7) is 2.85. The second-order valence-corrected chi connectivity index (χ2v) is 12.6. The molecule has 0 bridgehead atoms. The Morgan fingerprint density at radius 1 is 0.902 bits per heavy atom. The van der Waals surface area contributed by atoms with Crippen molar-refractivity contribution in [2.75, 3.05) is 32.2 Å². The first kappa shape index (κ1) is 35.3. The van der Waals surface area contributed by atoms with Crippen molar-refractivity contribution in [2.45, 2.75) is 25.4 Å². The molecule has 0 atom stereocenters. The van der Waals surface area contributed by atoms with Crippen LogP contribution in [0, 0.1) is 0 Å². The van der Waals surface area contributed by atoms with E-state index in [0.29, 0.717) is 29.4 Å². The quantitative estimate of drug-likeness (QED) is 0.0652. The molecule has 4 aromatic carbocycles. The lowest BCUT2D eigenvalue weighted by atomic mass is 10.00. The fourth-order valence-electron chi connectivity index (χ4n) is 5.25. The van der Waals surface area contributed by atoms with Crippen molar-refractivity contribution < 1.29 is 37.3 Å². The largest absolute Gasteiger partial charge is 0.506 e. The first-order valence-electron chi connectivity index (χ1n) is 16.0. The van der Waals surface area contributed by atoms with E-state index in [1.165, 1.54) is 11.3 Å². The monoisotopic (exact) mass is 714 g/mol. The van der Waals surface area contributed by atoms with Gasteiger partial charge in [-0.05, 0) is 72.0 Å². The molecule has 0 radical (unpaired) electrons. The van der Waals surface area contributed by atoms with Gasteiger partial charge in [0.1, 0.15) is 41.6 Å². The molecule has 13 heteroatoms. The summed E-state index contributed by atoms with van der Waals surface area (Å²) in [5.41, 5.74) is 4.84. The van der Waals surface area contributed by atoms with Gasteiger partial charge in [0.05, 0.1) is 16.8 Å². The molecule has 262 valence electrons. The highest BCUT2D eigenvalue weighted by atomic mass is 32.1. The number of hydrogen-bond acceptors (Lipinski definition) is 10. The van der Waals surface area contributed by atoms with Gasteiger partial charge in [-0.25, -0.2) is 19.7 Å². The van der Waals surface area contributed by atoms with Crippen LogP contribution in [0.5, 0.6) is 11.5 Å². The summed E-state index contributed by atoms with van der Waals surface area (Å²) in [5.74, 6) is -0.167. The predicted octanol–water partition coefficient (Wildman–Crippen LogP) is 8.37. The highest BCUT2D eigenvalue weighted by molar-refractivity contribution is 7.22. The molecule has 6 aromatic rings. The number of nitrogens with one attached hydrogen (secondary N) is 1. The van der Waals surface area contributed by atoms with E-state index in [1.54, 1.807) is 31.5 Å². The minimum atomic E-state index is -4.83. The Morgan fingerprint density at radius 2 is 1.63 bits per heavy atom.